The van der Waals surface area contributed by atoms with Crippen LogP contribution in [0.3, 0.4) is 0 Å². The molecule has 0 amide bonds. The third-order valence-electron chi connectivity index (χ3n) is 2.21. The molecular weight excluding hydrogens is 152 g/mol. The summed E-state index contributed by atoms with van der Waals surface area (Å²) in [5.41, 5.74) is 1.82. The maximum Gasteiger partial charge on any atom is 0.153 e. The third-order valence-corrected chi connectivity index (χ3v) is 2.21. The summed E-state index contributed by atoms with van der Waals surface area (Å²) in [7, 11) is 0. The molecule has 0 bridgehead atoms. The average molecular weight is 162 g/mol. The number of benzene rings is 1. The van der Waals surface area contributed by atoms with Crippen LogP contribution in [0.5, 0.6) is 5.75 Å². The summed E-state index contributed by atoms with van der Waals surface area (Å²) in [5, 5.41) is 0. The highest BCUT2D eigenvalue weighted by Gasteiger charge is 2.21. The van der Waals surface area contributed by atoms with Gasteiger partial charge in [0.05, 0.1) is 12.2 Å². The Balaban J connectivity index is 2.57. The van der Waals surface area contributed by atoms with Crippen LogP contribution in [0.25, 0.3) is 0 Å². The highest BCUT2D eigenvalue weighted by atomic mass is 16.5. The van der Waals surface area contributed by atoms with Gasteiger partial charge in [-0.2, -0.15) is 0 Å². The van der Waals surface area contributed by atoms with Gasteiger partial charge < -0.3 is 4.74 Å². The minimum absolute atomic E-state index is 0.417. The van der Waals surface area contributed by atoms with E-state index < -0.39 is 0 Å². The summed E-state index contributed by atoms with van der Waals surface area (Å²) >= 11 is 0. The zero-order valence-electron chi connectivity index (χ0n) is 6.91. The lowest BCUT2D eigenvalue weighted by molar-refractivity contribution is 0.112. The second-order valence-corrected chi connectivity index (χ2v) is 3.10. The highest BCUT2D eigenvalue weighted by molar-refractivity contribution is 5.80. The van der Waals surface area contributed by atoms with Crippen molar-refractivity contribution < 1.29 is 9.53 Å². The summed E-state index contributed by atoms with van der Waals surface area (Å²) in [6.07, 6.45) is 0.844. The molecule has 1 aromatic rings. The first-order valence-electron chi connectivity index (χ1n) is 4.04. The minimum atomic E-state index is 0.417. The molecule has 1 aliphatic rings. The van der Waals surface area contributed by atoms with Crippen LogP contribution in [-0.2, 0) is 0 Å². The van der Waals surface area contributed by atoms with Gasteiger partial charge in [-0.05, 0) is 6.07 Å². The fraction of sp³-hybridized carbons (Fsp3) is 0.300. The van der Waals surface area contributed by atoms with Crippen molar-refractivity contribution in [2.24, 2.45) is 0 Å². The lowest BCUT2D eigenvalue weighted by Gasteiger charge is -2.00. The fourth-order valence-corrected chi connectivity index (χ4v) is 1.52. The number of hydrogen-bond acceptors (Lipinski definition) is 2. The lowest BCUT2D eigenvalue weighted by atomic mass is 10.0. The van der Waals surface area contributed by atoms with Gasteiger partial charge in [-0.3, -0.25) is 4.79 Å². The fourth-order valence-electron chi connectivity index (χ4n) is 1.52. The molecule has 0 fully saturated rings. The van der Waals surface area contributed by atoms with E-state index in [0.717, 1.165) is 17.6 Å². The van der Waals surface area contributed by atoms with Gasteiger partial charge in [-0.15, -0.1) is 0 Å². The molecule has 62 valence electrons. The molecule has 2 heteroatoms. The summed E-state index contributed by atoms with van der Waals surface area (Å²) in [5.74, 6) is 1.19. The van der Waals surface area contributed by atoms with Crippen molar-refractivity contribution in [3.05, 3.63) is 29.3 Å². The molecule has 0 saturated carbocycles. The number of carbonyl (C=O) groups excluding carboxylic acids is 1. The van der Waals surface area contributed by atoms with Crippen molar-refractivity contribution in [2.45, 2.75) is 12.8 Å². The summed E-state index contributed by atoms with van der Waals surface area (Å²) in [4.78, 5) is 10.6. The van der Waals surface area contributed by atoms with Gasteiger partial charge in [-0.1, -0.05) is 19.1 Å². The van der Waals surface area contributed by atoms with E-state index >= 15 is 0 Å². The molecule has 0 spiro atoms. The second kappa shape index (κ2) is 2.63. The van der Waals surface area contributed by atoms with E-state index in [9.17, 15) is 4.79 Å². The van der Waals surface area contributed by atoms with Gasteiger partial charge in [0.25, 0.3) is 0 Å². The van der Waals surface area contributed by atoms with Gasteiger partial charge in [0.1, 0.15) is 5.75 Å². The smallest absolute Gasteiger partial charge is 0.153 e. The molecule has 0 saturated heterocycles. The van der Waals surface area contributed by atoms with Crippen molar-refractivity contribution in [3.8, 4) is 5.75 Å². The summed E-state index contributed by atoms with van der Waals surface area (Å²) in [6, 6.07) is 5.69. The van der Waals surface area contributed by atoms with Crippen LogP contribution < -0.4 is 4.74 Å². The maximum atomic E-state index is 10.6. The van der Waals surface area contributed by atoms with Crippen molar-refractivity contribution in [2.75, 3.05) is 6.61 Å². The van der Waals surface area contributed by atoms with E-state index in [-0.39, 0.29) is 0 Å². The Morgan fingerprint density at radius 3 is 3.17 bits per heavy atom. The topological polar surface area (TPSA) is 26.3 Å². The number of aldehydes is 1. The molecule has 1 atom stereocenters. The Labute approximate surface area is 71.2 Å². The summed E-state index contributed by atoms with van der Waals surface area (Å²) in [6.45, 7) is 2.79. The number of ether oxygens (including phenoxy) is 1. The van der Waals surface area contributed by atoms with Crippen molar-refractivity contribution in [1.29, 1.82) is 0 Å². The molecule has 1 heterocycles. The van der Waals surface area contributed by atoms with E-state index in [2.05, 4.69) is 6.92 Å². The number of fused-ring (bicyclic) bond motifs is 1. The molecule has 12 heavy (non-hydrogen) atoms. The molecule has 0 aliphatic carbocycles. The average Bonchev–Trinajstić information content (AvgIpc) is 2.48. The van der Waals surface area contributed by atoms with E-state index in [1.807, 2.05) is 12.1 Å². The van der Waals surface area contributed by atoms with Crippen LogP contribution in [-0.4, -0.2) is 12.9 Å². The second-order valence-electron chi connectivity index (χ2n) is 3.10. The Morgan fingerprint density at radius 1 is 1.58 bits per heavy atom. The first kappa shape index (κ1) is 7.35. The largest absolute Gasteiger partial charge is 0.492 e. The van der Waals surface area contributed by atoms with Crippen LogP contribution in [0.4, 0.5) is 0 Å². The van der Waals surface area contributed by atoms with Crippen LogP contribution >= 0.6 is 0 Å². The Hall–Kier alpha value is -1.31. The van der Waals surface area contributed by atoms with Gasteiger partial charge in [0.2, 0.25) is 0 Å². The predicted octanol–water partition coefficient (Wildman–Crippen LogP) is 2.00. The molecule has 0 N–H and O–H groups in total. The SMILES string of the molecule is C[C@@H]1COc2c(C=O)cccc21. The Bertz CT molecular complexity index is 318. The number of rotatable bonds is 1. The monoisotopic (exact) mass is 162 g/mol. The number of hydrogen-bond donors (Lipinski definition) is 0. The maximum absolute atomic E-state index is 10.6. The summed E-state index contributed by atoms with van der Waals surface area (Å²) < 4.78 is 5.40. The van der Waals surface area contributed by atoms with Crippen LogP contribution in [0.1, 0.15) is 28.8 Å². The van der Waals surface area contributed by atoms with E-state index in [4.69, 9.17) is 4.74 Å². The standard InChI is InChI=1S/C10H10O2/c1-7-6-12-10-8(5-11)3-2-4-9(7)10/h2-5,7H,6H2,1H3/t7-/m1/s1. The lowest BCUT2D eigenvalue weighted by Crippen LogP contribution is -1.93. The highest BCUT2D eigenvalue weighted by Crippen LogP contribution is 2.35. The van der Waals surface area contributed by atoms with Crippen molar-refractivity contribution in [1.82, 2.24) is 0 Å². The van der Waals surface area contributed by atoms with Gasteiger partial charge in [0.15, 0.2) is 6.29 Å². The van der Waals surface area contributed by atoms with Crippen LogP contribution in [0.2, 0.25) is 0 Å². The molecular formula is C10H10O2. The van der Waals surface area contributed by atoms with E-state index in [1.165, 1.54) is 0 Å². The Morgan fingerprint density at radius 2 is 2.42 bits per heavy atom. The van der Waals surface area contributed by atoms with Gasteiger partial charge in [0, 0.05) is 11.5 Å². The van der Waals surface area contributed by atoms with Crippen molar-refractivity contribution in [3.63, 3.8) is 0 Å². The molecule has 0 radical (unpaired) electrons. The molecule has 0 aromatic heterocycles. The first-order valence-corrected chi connectivity index (χ1v) is 4.04. The molecule has 1 aromatic carbocycles. The normalized spacial score (nSPS) is 19.9. The number of carbonyl (C=O) groups is 1. The molecule has 0 unspecified atom stereocenters. The zero-order valence-corrected chi connectivity index (χ0v) is 6.91. The predicted molar refractivity (Wildman–Crippen MR) is 45.7 cm³/mol. The number of para-hydroxylation sites is 1. The Kier molecular flexibility index (Phi) is 1.61. The quantitative estimate of drug-likeness (QED) is 0.590. The first-order chi connectivity index (χ1) is 5.83. The van der Waals surface area contributed by atoms with Crippen LogP contribution in [0.15, 0.2) is 18.2 Å². The molecule has 1 aliphatic heterocycles. The van der Waals surface area contributed by atoms with Gasteiger partial charge >= 0.3 is 0 Å². The minimum Gasteiger partial charge on any atom is -0.492 e. The van der Waals surface area contributed by atoms with Gasteiger partial charge in [-0.25, -0.2) is 0 Å². The van der Waals surface area contributed by atoms with E-state index in [0.29, 0.717) is 18.1 Å². The zero-order chi connectivity index (χ0) is 8.55. The van der Waals surface area contributed by atoms with Crippen LogP contribution in [0, 0.1) is 0 Å². The molecule has 2 nitrogen and oxygen atoms in total. The molecule has 2 rings (SSSR count). The van der Waals surface area contributed by atoms with E-state index in [1.54, 1.807) is 6.07 Å². The van der Waals surface area contributed by atoms with Crippen molar-refractivity contribution >= 4 is 6.29 Å². The third kappa shape index (κ3) is 0.916.